The quantitative estimate of drug-likeness (QED) is 0.901. The maximum atomic E-state index is 13.0. The number of benzene rings is 1. The number of nitrogens with two attached hydrogens (primary N) is 1. The molecule has 2 atom stereocenters. The van der Waals surface area contributed by atoms with Crippen molar-refractivity contribution in [1.29, 1.82) is 0 Å². The topological polar surface area (TPSA) is 26.0 Å². The minimum atomic E-state index is -0.171. The van der Waals surface area contributed by atoms with Crippen LogP contribution in [-0.2, 0) is 6.42 Å². The van der Waals surface area contributed by atoms with Crippen molar-refractivity contribution in [2.24, 2.45) is 5.73 Å². The Morgan fingerprint density at radius 2 is 2.31 bits per heavy atom. The Morgan fingerprint density at radius 1 is 1.44 bits per heavy atom. The third-order valence-corrected chi connectivity index (χ3v) is 5.62. The van der Waals surface area contributed by atoms with Crippen LogP contribution in [0.15, 0.2) is 24.3 Å². The van der Waals surface area contributed by atoms with Gasteiger partial charge in [-0.25, -0.2) is 4.39 Å². The van der Waals surface area contributed by atoms with E-state index in [1.54, 1.807) is 12.1 Å². The van der Waals surface area contributed by atoms with Gasteiger partial charge < -0.3 is 5.73 Å². The first-order valence-corrected chi connectivity index (χ1v) is 7.65. The molecule has 16 heavy (non-hydrogen) atoms. The van der Waals surface area contributed by atoms with Gasteiger partial charge in [-0.15, -0.1) is 0 Å². The standard InChI is InChI=1S/C12H16FNS2/c13-10-3-1-2-9(6-10)7-11(14)12-8-15-4-5-16-12/h1-3,6,11-12H,4-5,7-8,14H2. The average molecular weight is 257 g/mol. The summed E-state index contributed by atoms with van der Waals surface area (Å²) in [6, 6.07) is 6.89. The molecule has 0 bridgehead atoms. The molecule has 0 aliphatic carbocycles. The molecule has 1 aromatic carbocycles. The minimum absolute atomic E-state index is 0.139. The van der Waals surface area contributed by atoms with Crippen LogP contribution in [-0.4, -0.2) is 28.6 Å². The Bertz CT molecular complexity index is 340. The van der Waals surface area contributed by atoms with Gasteiger partial charge in [0.2, 0.25) is 0 Å². The fraction of sp³-hybridized carbons (Fsp3) is 0.500. The van der Waals surface area contributed by atoms with Crippen molar-refractivity contribution in [3.05, 3.63) is 35.6 Å². The predicted molar refractivity (Wildman–Crippen MR) is 71.7 cm³/mol. The molecule has 1 aromatic rings. The molecule has 88 valence electrons. The Kier molecular flexibility index (Phi) is 4.55. The lowest BCUT2D eigenvalue weighted by Crippen LogP contribution is -2.38. The summed E-state index contributed by atoms with van der Waals surface area (Å²) >= 11 is 3.93. The molecule has 2 rings (SSSR count). The van der Waals surface area contributed by atoms with E-state index >= 15 is 0 Å². The van der Waals surface area contributed by atoms with Gasteiger partial charge in [0.25, 0.3) is 0 Å². The van der Waals surface area contributed by atoms with E-state index in [4.69, 9.17) is 5.73 Å². The van der Waals surface area contributed by atoms with Crippen LogP contribution in [0.4, 0.5) is 4.39 Å². The zero-order valence-electron chi connectivity index (χ0n) is 9.06. The average Bonchev–Trinajstić information content (AvgIpc) is 2.30. The summed E-state index contributed by atoms with van der Waals surface area (Å²) in [6.45, 7) is 0. The summed E-state index contributed by atoms with van der Waals surface area (Å²) in [5.41, 5.74) is 7.18. The zero-order valence-corrected chi connectivity index (χ0v) is 10.7. The molecule has 0 spiro atoms. The highest BCUT2D eigenvalue weighted by molar-refractivity contribution is 8.06. The summed E-state index contributed by atoms with van der Waals surface area (Å²) in [5.74, 6) is 3.37. The molecule has 2 N–H and O–H groups in total. The van der Waals surface area contributed by atoms with Crippen molar-refractivity contribution in [3.8, 4) is 0 Å². The van der Waals surface area contributed by atoms with Crippen molar-refractivity contribution in [3.63, 3.8) is 0 Å². The van der Waals surface area contributed by atoms with Gasteiger partial charge in [0.05, 0.1) is 0 Å². The lowest BCUT2D eigenvalue weighted by Gasteiger charge is -2.26. The fourth-order valence-electron chi connectivity index (χ4n) is 1.82. The Labute approximate surface area is 104 Å². The first-order chi connectivity index (χ1) is 7.75. The predicted octanol–water partition coefficient (Wildman–Crippen LogP) is 2.54. The van der Waals surface area contributed by atoms with Gasteiger partial charge in [-0.1, -0.05) is 12.1 Å². The van der Waals surface area contributed by atoms with Gasteiger partial charge in [0.15, 0.2) is 0 Å². The van der Waals surface area contributed by atoms with Crippen molar-refractivity contribution >= 4 is 23.5 Å². The maximum Gasteiger partial charge on any atom is 0.123 e. The number of hydrogen-bond acceptors (Lipinski definition) is 3. The monoisotopic (exact) mass is 257 g/mol. The minimum Gasteiger partial charge on any atom is -0.326 e. The molecule has 1 heterocycles. The van der Waals surface area contributed by atoms with Gasteiger partial charge >= 0.3 is 0 Å². The molecule has 4 heteroatoms. The molecule has 0 radical (unpaired) electrons. The molecular formula is C12H16FNS2. The van der Waals surface area contributed by atoms with E-state index in [1.165, 1.54) is 17.6 Å². The number of hydrogen-bond donors (Lipinski definition) is 1. The van der Waals surface area contributed by atoms with E-state index in [0.29, 0.717) is 5.25 Å². The number of thioether (sulfide) groups is 2. The highest BCUT2D eigenvalue weighted by Gasteiger charge is 2.21. The fourth-order valence-corrected chi connectivity index (χ4v) is 4.64. The molecule has 1 aliphatic heterocycles. The van der Waals surface area contributed by atoms with E-state index in [0.717, 1.165) is 17.7 Å². The second-order valence-corrected chi connectivity index (χ2v) is 6.48. The molecule has 0 amide bonds. The van der Waals surface area contributed by atoms with Gasteiger partial charge in [-0.05, 0) is 24.1 Å². The Morgan fingerprint density at radius 3 is 3.00 bits per heavy atom. The van der Waals surface area contributed by atoms with E-state index in [2.05, 4.69) is 0 Å². The van der Waals surface area contributed by atoms with Gasteiger partial charge in [-0.2, -0.15) is 23.5 Å². The van der Waals surface area contributed by atoms with Crippen LogP contribution in [0.2, 0.25) is 0 Å². The van der Waals surface area contributed by atoms with Crippen molar-refractivity contribution in [1.82, 2.24) is 0 Å². The molecule has 0 saturated carbocycles. The summed E-state index contributed by atoms with van der Waals surface area (Å²) < 4.78 is 13.0. The van der Waals surface area contributed by atoms with Crippen LogP contribution in [0.5, 0.6) is 0 Å². The molecule has 1 fully saturated rings. The van der Waals surface area contributed by atoms with Crippen LogP contribution >= 0.6 is 23.5 Å². The van der Waals surface area contributed by atoms with Crippen LogP contribution in [0, 0.1) is 5.82 Å². The van der Waals surface area contributed by atoms with Crippen LogP contribution < -0.4 is 5.73 Å². The molecule has 0 aromatic heterocycles. The van der Waals surface area contributed by atoms with Gasteiger partial charge in [-0.3, -0.25) is 0 Å². The number of halogens is 1. The van der Waals surface area contributed by atoms with Crippen molar-refractivity contribution in [2.45, 2.75) is 17.7 Å². The second kappa shape index (κ2) is 5.94. The van der Waals surface area contributed by atoms with Crippen LogP contribution in [0.3, 0.4) is 0 Å². The first kappa shape index (κ1) is 12.3. The lowest BCUT2D eigenvalue weighted by molar-refractivity contribution is 0.618. The van der Waals surface area contributed by atoms with Crippen LogP contribution in [0.25, 0.3) is 0 Å². The summed E-state index contributed by atoms with van der Waals surface area (Å²) in [6.07, 6.45) is 0.774. The Hall–Kier alpha value is -0.190. The smallest absolute Gasteiger partial charge is 0.123 e. The summed E-state index contributed by atoms with van der Waals surface area (Å²) in [5, 5.41) is 0.516. The van der Waals surface area contributed by atoms with Gasteiger partial charge in [0, 0.05) is 28.6 Å². The molecule has 2 unspecified atom stereocenters. The van der Waals surface area contributed by atoms with E-state index < -0.39 is 0 Å². The summed E-state index contributed by atoms with van der Waals surface area (Å²) in [4.78, 5) is 0. The van der Waals surface area contributed by atoms with E-state index in [9.17, 15) is 4.39 Å². The lowest BCUT2D eigenvalue weighted by atomic mass is 10.0. The number of rotatable bonds is 3. The molecule has 1 nitrogen and oxygen atoms in total. The first-order valence-electron chi connectivity index (χ1n) is 5.45. The third-order valence-electron chi connectivity index (χ3n) is 2.68. The largest absolute Gasteiger partial charge is 0.326 e. The summed E-state index contributed by atoms with van der Waals surface area (Å²) in [7, 11) is 0. The molecule has 1 aliphatic rings. The van der Waals surface area contributed by atoms with E-state index in [-0.39, 0.29) is 11.9 Å². The highest BCUT2D eigenvalue weighted by atomic mass is 32.2. The van der Waals surface area contributed by atoms with E-state index in [1.807, 2.05) is 29.6 Å². The Balaban J connectivity index is 1.93. The SMILES string of the molecule is NC(Cc1cccc(F)c1)C1CSCCS1. The van der Waals surface area contributed by atoms with Crippen LogP contribution in [0.1, 0.15) is 5.56 Å². The van der Waals surface area contributed by atoms with Gasteiger partial charge in [0.1, 0.15) is 5.82 Å². The highest BCUT2D eigenvalue weighted by Crippen LogP contribution is 2.26. The third kappa shape index (κ3) is 3.40. The maximum absolute atomic E-state index is 13.0. The molecule has 1 saturated heterocycles. The van der Waals surface area contributed by atoms with Crippen molar-refractivity contribution < 1.29 is 4.39 Å². The second-order valence-electron chi connectivity index (χ2n) is 3.98. The van der Waals surface area contributed by atoms with Crippen molar-refractivity contribution in [2.75, 3.05) is 17.3 Å². The molecular weight excluding hydrogens is 241 g/mol. The normalized spacial score (nSPS) is 23.0. The zero-order chi connectivity index (χ0) is 11.4.